The molecule has 1 saturated heterocycles. The molecule has 2 N–H and O–H groups in total. The van der Waals surface area contributed by atoms with Gasteiger partial charge in [0.2, 0.25) is 5.91 Å². The zero-order valence-corrected chi connectivity index (χ0v) is 17.2. The molecule has 158 valence electrons. The number of likely N-dealkylation sites (tertiary alicyclic amines) is 1. The topological polar surface area (TPSA) is 70.2 Å². The number of nitrogens with zero attached hydrogens (tertiary/aromatic N) is 2. The van der Waals surface area contributed by atoms with Crippen LogP contribution in [-0.2, 0) is 11.3 Å². The maximum absolute atomic E-state index is 12.9. The summed E-state index contributed by atoms with van der Waals surface area (Å²) in [5.41, 5.74) is 3.28. The number of hydrogen-bond donors (Lipinski definition) is 2. The first-order valence-corrected chi connectivity index (χ1v) is 10.4. The first-order chi connectivity index (χ1) is 14.6. The second-order valence-electron chi connectivity index (χ2n) is 7.85. The molecule has 0 saturated carbocycles. The summed E-state index contributed by atoms with van der Waals surface area (Å²) in [5.74, 6) is 1.38. The van der Waals surface area contributed by atoms with Crippen molar-refractivity contribution in [1.82, 2.24) is 20.2 Å². The van der Waals surface area contributed by atoms with Crippen LogP contribution in [0.5, 0.6) is 5.75 Å². The Bertz CT molecular complexity index is 994. The smallest absolute Gasteiger partial charge is 0.223 e. The van der Waals surface area contributed by atoms with Crippen LogP contribution in [0.2, 0.25) is 0 Å². The number of imidazole rings is 1. The number of ether oxygens (including phenoxy) is 1. The highest BCUT2D eigenvalue weighted by Gasteiger charge is 2.25. The number of piperidine rings is 1. The van der Waals surface area contributed by atoms with E-state index in [0.717, 1.165) is 49.3 Å². The lowest BCUT2D eigenvalue weighted by Gasteiger charge is -2.30. The van der Waals surface area contributed by atoms with Crippen LogP contribution in [0.15, 0.2) is 42.5 Å². The lowest BCUT2D eigenvalue weighted by Crippen LogP contribution is -2.41. The summed E-state index contributed by atoms with van der Waals surface area (Å²) in [6.45, 7) is 5.40. The third kappa shape index (κ3) is 5.16. The molecule has 4 rings (SSSR count). The van der Waals surface area contributed by atoms with Gasteiger partial charge in [0.25, 0.3) is 0 Å². The van der Waals surface area contributed by atoms with Crippen molar-refractivity contribution in [3.63, 3.8) is 0 Å². The third-order valence-corrected chi connectivity index (χ3v) is 5.50. The zero-order chi connectivity index (χ0) is 20.9. The number of aryl methyl sites for hydroxylation is 1. The molecule has 1 aromatic heterocycles. The average molecular weight is 410 g/mol. The summed E-state index contributed by atoms with van der Waals surface area (Å²) in [6.07, 6.45) is 1.67. The van der Waals surface area contributed by atoms with Crippen molar-refractivity contribution in [3.8, 4) is 5.75 Å². The molecular weight excluding hydrogens is 383 g/mol. The van der Waals surface area contributed by atoms with Gasteiger partial charge in [0.05, 0.1) is 24.1 Å². The molecule has 7 heteroatoms. The second kappa shape index (κ2) is 9.26. The molecular formula is C23H27FN4O2. The predicted molar refractivity (Wildman–Crippen MR) is 114 cm³/mol. The molecule has 0 bridgehead atoms. The summed E-state index contributed by atoms with van der Waals surface area (Å²) in [4.78, 5) is 22.8. The van der Waals surface area contributed by atoms with Gasteiger partial charge in [-0.3, -0.25) is 9.69 Å². The molecule has 30 heavy (non-hydrogen) atoms. The van der Waals surface area contributed by atoms with Crippen LogP contribution in [0.4, 0.5) is 4.39 Å². The summed E-state index contributed by atoms with van der Waals surface area (Å²) < 4.78 is 18.4. The van der Waals surface area contributed by atoms with Crippen molar-refractivity contribution in [1.29, 1.82) is 0 Å². The Labute approximate surface area is 175 Å². The summed E-state index contributed by atoms with van der Waals surface area (Å²) in [6, 6.07) is 12.1. The number of aromatic amines is 1. The fourth-order valence-electron chi connectivity index (χ4n) is 3.83. The highest BCUT2D eigenvalue weighted by Crippen LogP contribution is 2.20. The van der Waals surface area contributed by atoms with Gasteiger partial charge >= 0.3 is 0 Å². The minimum atomic E-state index is -0.294. The Morgan fingerprint density at radius 1 is 1.23 bits per heavy atom. The van der Waals surface area contributed by atoms with E-state index in [4.69, 9.17) is 4.74 Å². The molecule has 3 aromatic rings. The molecule has 2 heterocycles. The summed E-state index contributed by atoms with van der Waals surface area (Å²) in [7, 11) is 0. The number of nitrogens with one attached hydrogen (secondary N) is 2. The van der Waals surface area contributed by atoms with E-state index in [0.29, 0.717) is 18.9 Å². The van der Waals surface area contributed by atoms with Crippen molar-refractivity contribution >= 4 is 16.9 Å². The van der Waals surface area contributed by atoms with Crippen LogP contribution in [0, 0.1) is 18.7 Å². The molecule has 1 aliphatic heterocycles. The van der Waals surface area contributed by atoms with Crippen LogP contribution < -0.4 is 10.1 Å². The van der Waals surface area contributed by atoms with Crippen molar-refractivity contribution in [2.45, 2.75) is 26.3 Å². The highest BCUT2D eigenvalue weighted by molar-refractivity contribution is 5.78. The van der Waals surface area contributed by atoms with E-state index in [1.54, 1.807) is 12.1 Å². The Balaban J connectivity index is 1.18. The number of aromatic nitrogens is 2. The molecule has 2 aromatic carbocycles. The zero-order valence-electron chi connectivity index (χ0n) is 17.2. The van der Waals surface area contributed by atoms with Gasteiger partial charge in [0, 0.05) is 5.92 Å². The van der Waals surface area contributed by atoms with E-state index >= 15 is 0 Å². The van der Waals surface area contributed by atoms with Crippen molar-refractivity contribution in [2.75, 3.05) is 26.2 Å². The molecule has 0 unspecified atom stereocenters. The number of carbonyl (C=O) groups excluding carboxylic acids is 1. The Hall–Kier alpha value is -2.93. The van der Waals surface area contributed by atoms with E-state index in [2.05, 4.69) is 39.2 Å². The monoisotopic (exact) mass is 410 g/mol. The van der Waals surface area contributed by atoms with Gasteiger partial charge in [0.15, 0.2) is 0 Å². The highest BCUT2D eigenvalue weighted by atomic mass is 19.1. The molecule has 0 spiro atoms. The molecule has 0 atom stereocenters. The maximum atomic E-state index is 12.9. The van der Waals surface area contributed by atoms with Gasteiger partial charge in [-0.25, -0.2) is 9.37 Å². The number of H-pyrrole nitrogens is 1. The van der Waals surface area contributed by atoms with Crippen LogP contribution in [0.25, 0.3) is 11.0 Å². The van der Waals surface area contributed by atoms with Gasteiger partial charge in [-0.15, -0.1) is 0 Å². The van der Waals surface area contributed by atoms with Gasteiger partial charge in [-0.1, -0.05) is 6.07 Å². The summed E-state index contributed by atoms with van der Waals surface area (Å²) >= 11 is 0. The largest absolute Gasteiger partial charge is 0.492 e. The lowest BCUT2D eigenvalue weighted by atomic mass is 9.96. The fourth-order valence-corrected chi connectivity index (χ4v) is 3.83. The van der Waals surface area contributed by atoms with E-state index in [1.807, 2.05) is 6.07 Å². The van der Waals surface area contributed by atoms with Crippen LogP contribution in [-0.4, -0.2) is 47.0 Å². The lowest BCUT2D eigenvalue weighted by molar-refractivity contribution is -0.126. The Kier molecular flexibility index (Phi) is 6.28. The Morgan fingerprint density at radius 3 is 2.77 bits per heavy atom. The quantitative estimate of drug-likeness (QED) is 0.586. The second-order valence-corrected chi connectivity index (χ2v) is 7.85. The van der Waals surface area contributed by atoms with E-state index in [9.17, 15) is 9.18 Å². The number of hydrogen-bond acceptors (Lipinski definition) is 4. The van der Waals surface area contributed by atoms with Gasteiger partial charge in [0.1, 0.15) is 24.0 Å². The fraction of sp³-hybridized carbons (Fsp3) is 0.391. The van der Waals surface area contributed by atoms with Crippen LogP contribution >= 0.6 is 0 Å². The number of rotatable bonds is 7. The Morgan fingerprint density at radius 2 is 2.00 bits per heavy atom. The van der Waals surface area contributed by atoms with Crippen LogP contribution in [0.1, 0.15) is 24.2 Å². The van der Waals surface area contributed by atoms with Gasteiger partial charge < -0.3 is 15.0 Å². The molecule has 1 aliphatic rings. The summed E-state index contributed by atoms with van der Waals surface area (Å²) in [5, 5.41) is 2.95. The van der Waals surface area contributed by atoms with E-state index in [1.165, 1.54) is 17.7 Å². The number of carbonyl (C=O) groups is 1. The number of benzene rings is 2. The van der Waals surface area contributed by atoms with Crippen molar-refractivity contribution < 1.29 is 13.9 Å². The molecule has 0 radical (unpaired) electrons. The molecule has 6 nitrogen and oxygen atoms in total. The minimum absolute atomic E-state index is 0.0328. The minimum Gasteiger partial charge on any atom is -0.492 e. The first kappa shape index (κ1) is 20.3. The standard InChI is InChI=1S/C23H27FN4O2/c1-16-2-7-20-21(14-16)27-22(26-20)15-28-11-8-17(9-12-28)23(29)25-10-13-30-19-5-3-18(24)4-6-19/h2-7,14,17H,8-13,15H2,1H3,(H,25,29)(H,26,27). The molecule has 0 aliphatic carbocycles. The van der Waals surface area contributed by atoms with Crippen LogP contribution in [0.3, 0.4) is 0 Å². The SMILES string of the molecule is Cc1ccc2nc(CN3CCC(C(=O)NCCOc4ccc(F)cc4)CC3)[nH]c2c1. The van der Waals surface area contributed by atoms with E-state index < -0.39 is 0 Å². The predicted octanol–water partition coefficient (Wildman–Crippen LogP) is 3.42. The van der Waals surface area contributed by atoms with Gasteiger partial charge in [-0.05, 0) is 74.8 Å². The number of amides is 1. The molecule has 1 amide bonds. The average Bonchev–Trinajstić information content (AvgIpc) is 3.14. The molecule has 1 fully saturated rings. The van der Waals surface area contributed by atoms with E-state index in [-0.39, 0.29) is 17.6 Å². The number of fused-ring (bicyclic) bond motifs is 1. The first-order valence-electron chi connectivity index (χ1n) is 10.4. The maximum Gasteiger partial charge on any atom is 0.223 e. The third-order valence-electron chi connectivity index (χ3n) is 5.50. The van der Waals surface area contributed by atoms with Crippen molar-refractivity contribution in [2.24, 2.45) is 5.92 Å². The van der Waals surface area contributed by atoms with Crippen molar-refractivity contribution in [3.05, 3.63) is 59.7 Å². The van der Waals surface area contributed by atoms with Gasteiger partial charge in [-0.2, -0.15) is 0 Å². The number of halogens is 1. The normalized spacial score (nSPS) is 15.4.